The Morgan fingerprint density at radius 2 is 2.11 bits per heavy atom. The first-order chi connectivity index (χ1) is 8.85. The van der Waals surface area contributed by atoms with Crippen LogP contribution in [0.2, 0.25) is 0 Å². The van der Waals surface area contributed by atoms with Crippen LogP contribution in [-0.4, -0.2) is 24.3 Å². The van der Waals surface area contributed by atoms with Crippen LogP contribution in [0.25, 0.3) is 0 Å². The summed E-state index contributed by atoms with van der Waals surface area (Å²) in [6.45, 7) is 0.919. The predicted octanol–water partition coefficient (Wildman–Crippen LogP) is 2.04. The summed E-state index contributed by atoms with van der Waals surface area (Å²) >= 11 is 0. The van der Waals surface area contributed by atoms with E-state index in [0.29, 0.717) is 18.5 Å². The maximum atomic E-state index is 9.27. The molecule has 0 radical (unpaired) electrons. The lowest BCUT2D eigenvalue weighted by atomic mass is 9.99. The largest absolute Gasteiger partial charge is 0.396 e. The average molecular weight is 244 g/mol. The summed E-state index contributed by atoms with van der Waals surface area (Å²) in [7, 11) is 0. The van der Waals surface area contributed by atoms with Crippen LogP contribution in [0.15, 0.2) is 30.3 Å². The number of benzene rings is 1. The Kier molecular flexibility index (Phi) is 4.74. The van der Waals surface area contributed by atoms with E-state index in [1.807, 2.05) is 30.3 Å². The van der Waals surface area contributed by atoms with Crippen LogP contribution in [0.4, 0.5) is 0 Å². The van der Waals surface area contributed by atoms with E-state index in [-0.39, 0.29) is 12.5 Å². The van der Waals surface area contributed by atoms with Crippen molar-refractivity contribution in [1.29, 1.82) is 5.26 Å². The van der Waals surface area contributed by atoms with Crippen LogP contribution in [0.5, 0.6) is 0 Å². The minimum Gasteiger partial charge on any atom is -0.396 e. The molecule has 18 heavy (non-hydrogen) atoms. The molecule has 0 heterocycles. The quantitative estimate of drug-likeness (QED) is 0.833. The zero-order valence-electron chi connectivity index (χ0n) is 10.5. The Balaban J connectivity index is 1.90. The van der Waals surface area contributed by atoms with Gasteiger partial charge in [0.1, 0.15) is 0 Å². The molecule has 1 aromatic rings. The van der Waals surface area contributed by atoms with E-state index in [9.17, 15) is 10.4 Å². The van der Waals surface area contributed by atoms with E-state index >= 15 is 0 Å². The van der Waals surface area contributed by atoms with Crippen LogP contribution in [0, 0.1) is 17.2 Å². The molecule has 96 valence electrons. The molecule has 0 spiro atoms. The molecular weight excluding hydrogens is 224 g/mol. The number of rotatable bonds is 5. The number of nitrogens with one attached hydrogen (secondary N) is 1. The number of nitrogens with zero attached hydrogens (tertiary/aromatic N) is 1. The first-order valence-electron chi connectivity index (χ1n) is 6.64. The summed E-state index contributed by atoms with van der Waals surface area (Å²) in [6.07, 6.45) is 3.38. The van der Waals surface area contributed by atoms with Gasteiger partial charge in [-0.3, -0.25) is 0 Å². The smallest absolute Gasteiger partial charge is 0.0837 e. The maximum Gasteiger partial charge on any atom is 0.0837 e. The summed E-state index contributed by atoms with van der Waals surface area (Å²) in [5, 5.41) is 22.0. The second kappa shape index (κ2) is 6.53. The van der Waals surface area contributed by atoms with Gasteiger partial charge in [-0.25, -0.2) is 0 Å². The predicted molar refractivity (Wildman–Crippen MR) is 71.0 cm³/mol. The molecule has 0 saturated heterocycles. The van der Waals surface area contributed by atoms with Gasteiger partial charge in [0, 0.05) is 19.2 Å². The number of nitriles is 1. The van der Waals surface area contributed by atoms with Crippen molar-refractivity contribution in [2.24, 2.45) is 5.92 Å². The molecule has 2 N–H and O–H groups in total. The SMILES string of the molecule is N#CC(CNC1CCCC1CO)c1ccccc1. The van der Waals surface area contributed by atoms with E-state index in [1.54, 1.807) is 0 Å². The second-order valence-corrected chi connectivity index (χ2v) is 4.98. The van der Waals surface area contributed by atoms with Crippen molar-refractivity contribution in [2.45, 2.75) is 31.2 Å². The summed E-state index contributed by atoms with van der Waals surface area (Å²) in [6, 6.07) is 12.6. The molecule has 1 aliphatic rings. The van der Waals surface area contributed by atoms with Crippen molar-refractivity contribution in [2.75, 3.05) is 13.2 Å². The molecule has 1 aromatic carbocycles. The Bertz CT molecular complexity index is 399. The fraction of sp³-hybridized carbons (Fsp3) is 0.533. The molecule has 0 aliphatic heterocycles. The first kappa shape index (κ1) is 13.1. The number of aliphatic hydroxyl groups excluding tert-OH is 1. The highest BCUT2D eigenvalue weighted by Gasteiger charge is 2.26. The van der Waals surface area contributed by atoms with E-state index in [1.165, 1.54) is 6.42 Å². The highest BCUT2D eigenvalue weighted by atomic mass is 16.3. The zero-order valence-corrected chi connectivity index (χ0v) is 10.5. The van der Waals surface area contributed by atoms with Gasteiger partial charge in [-0.2, -0.15) is 5.26 Å². The average Bonchev–Trinajstić information content (AvgIpc) is 2.88. The van der Waals surface area contributed by atoms with Crippen molar-refractivity contribution in [3.05, 3.63) is 35.9 Å². The van der Waals surface area contributed by atoms with Crippen LogP contribution in [0.3, 0.4) is 0 Å². The third kappa shape index (κ3) is 3.10. The third-order valence-corrected chi connectivity index (χ3v) is 3.84. The van der Waals surface area contributed by atoms with Crippen molar-refractivity contribution in [1.82, 2.24) is 5.32 Å². The van der Waals surface area contributed by atoms with Gasteiger partial charge in [0.2, 0.25) is 0 Å². The lowest BCUT2D eigenvalue weighted by Gasteiger charge is -2.20. The zero-order chi connectivity index (χ0) is 12.8. The minimum absolute atomic E-state index is 0.105. The van der Waals surface area contributed by atoms with Crippen molar-refractivity contribution < 1.29 is 5.11 Å². The molecule has 3 heteroatoms. The second-order valence-electron chi connectivity index (χ2n) is 4.98. The number of hydrogen-bond donors (Lipinski definition) is 2. The molecule has 1 fully saturated rings. The molecule has 3 nitrogen and oxygen atoms in total. The molecule has 2 rings (SSSR count). The Hall–Kier alpha value is -1.37. The normalized spacial score (nSPS) is 24.7. The molecular formula is C15H20N2O. The summed E-state index contributed by atoms with van der Waals surface area (Å²) in [4.78, 5) is 0. The van der Waals surface area contributed by atoms with Crippen molar-refractivity contribution in [3.63, 3.8) is 0 Å². The number of aliphatic hydroxyl groups is 1. The molecule has 1 aliphatic carbocycles. The topological polar surface area (TPSA) is 56.0 Å². The van der Waals surface area contributed by atoms with Gasteiger partial charge in [0.25, 0.3) is 0 Å². The third-order valence-electron chi connectivity index (χ3n) is 3.84. The standard InChI is InChI=1S/C15H20N2O/c16-9-14(12-5-2-1-3-6-12)10-17-15-8-4-7-13(15)11-18/h1-3,5-6,13-15,17-18H,4,7-8,10-11H2. The maximum absolute atomic E-state index is 9.27. The summed E-state index contributed by atoms with van der Waals surface area (Å²) < 4.78 is 0. The molecule has 0 bridgehead atoms. The lowest BCUT2D eigenvalue weighted by molar-refractivity contribution is 0.205. The molecule has 1 saturated carbocycles. The van der Waals surface area contributed by atoms with Crippen molar-refractivity contribution >= 4 is 0 Å². The Morgan fingerprint density at radius 3 is 2.78 bits per heavy atom. The van der Waals surface area contributed by atoms with Crippen LogP contribution in [0.1, 0.15) is 30.7 Å². The fourth-order valence-electron chi connectivity index (χ4n) is 2.72. The first-order valence-corrected chi connectivity index (χ1v) is 6.64. The Labute approximate surface area is 108 Å². The van der Waals surface area contributed by atoms with Gasteiger partial charge in [0.05, 0.1) is 12.0 Å². The van der Waals surface area contributed by atoms with Gasteiger partial charge < -0.3 is 10.4 Å². The lowest BCUT2D eigenvalue weighted by Crippen LogP contribution is -2.36. The minimum atomic E-state index is -0.105. The highest BCUT2D eigenvalue weighted by molar-refractivity contribution is 5.25. The van der Waals surface area contributed by atoms with E-state index < -0.39 is 0 Å². The van der Waals surface area contributed by atoms with Gasteiger partial charge in [-0.05, 0) is 24.3 Å². The monoisotopic (exact) mass is 244 g/mol. The van der Waals surface area contributed by atoms with Gasteiger partial charge in [0.15, 0.2) is 0 Å². The fourth-order valence-corrected chi connectivity index (χ4v) is 2.72. The van der Waals surface area contributed by atoms with Gasteiger partial charge in [-0.15, -0.1) is 0 Å². The molecule has 0 aromatic heterocycles. The highest BCUT2D eigenvalue weighted by Crippen LogP contribution is 2.25. The molecule has 0 amide bonds. The van der Waals surface area contributed by atoms with Crippen LogP contribution < -0.4 is 5.32 Å². The van der Waals surface area contributed by atoms with E-state index in [4.69, 9.17) is 0 Å². The Morgan fingerprint density at radius 1 is 1.33 bits per heavy atom. The summed E-state index contributed by atoms with van der Waals surface area (Å²) in [5.74, 6) is 0.256. The molecule has 3 atom stereocenters. The van der Waals surface area contributed by atoms with E-state index in [2.05, 4.69) is 11.4 Å². The van der Waals surface area contributed by atoms with Crippen LogP contribution in [-0.2, 0) is 0 Å². The van der Waals surface area contributed by atoms with E-state index in [0.717, 1.165) is 18.4 Å². The van der Waals surface area contributed by atoms with Crippen LogP contribution >= 0.6 is 0 Å². The van der Waals surface area contributed by atoms with Crippen molar-refractivity contribution in [3.8, 4) is 6.07 Å². The van der Waals surface area contributed by atoms with Gasteiger partial charge in [-0.1, -0.05) is 36.8 Å². The molecule has 3 unspecified atom stereocenters. The number of hydrogen-bond acceptors (Lipinski definition) is 3. The summed E-state index contributed by atoms with van der Waals surface area (Å²) in [5.41, 5.74) is 1.06. The van der Waals surface area contributed by atoms with Gasteiger partial charge >= 0.3 is 0 Å².